The van der Waals surface area contributed by atoms with Crippen LogP contribution in [0.3, 0.4) is 0 Å². The third-order valence-electron chi connectivity index (χ3n) is 4.99. The van der Waals surface area contributed by atoms with E-state index < -0.39 is 20.0 Å². The van der Waals surface area contributed by atoms with E-state index in [9.17, 15) is 23.3 Å². The molecule has 1 aliphatic rings. The smallest absolute Gasteiger partial charge is 0.269 e. The summed E-state index contributed by atoms with van der Waals surface area (Å²) in [6.07, 6.45) is 3.86. The molecular formula is C21H22N2O5S. The van der Waals surface area contributed by atoms with Crippen LogP contribution in [0.2, 0.25) is 0 Å². The van der Waals surface area contributed by atoms with Gasteiger partial charge in [0.2, 0.25) is 5.91 Å². The molecule has 29 heavy (non-hydrogen) atoms. The molecule has 1 fully saturated rings. The molecule has 0 radical (unpaired) electrons. The summed E-state index contributed by atoms with van der Waals surface area (Å²) in [6, 6.07) is 15.0. The number of sulfone groups is 1. The van der Waals surface area contributed by atoms with Crippen LogP contribution in [0.5, 0.6) is 0 Å². The number of nitro benzene ring substituents is 1. The standard InChI is InChI=1S/C21H22N2O5S/c24-21(11-8-17-6-9-19(10-7-17)23(25)26)22-14-12-20(13-15-22)29(27,28)16-18-4-2-1-3-5-18/h1-11,20H,12-16H2/b11-8+. The highest BCUT2D eigenvalue weighted by Gasteiger charge is 2.31. The van der Waals surface area contributed by atoms with Gasteiger partial charge in [0.1, 0.15) is 0 Å². The van der Waals surface area contributed by atoms with Gasteiger partial charge in [0.15, 0.2) is 9.84 Å². The predicted octanol–water partition coefficient (Wildman–Crippen LogP) is 3.21. The molecule has 1 saturated heterocycles. The summed E-state index contributed by atoms with van der Waals surface area (Å²) in [4.78, 5) is 24.2. The van der Waals surface area contributed by atoms with Crippen molar-refractivity contribution in [2.45, 2.75) is 23.8 Å². The Hall–Kier alpha value is -3.00. The van der Waals surface area contributed by atoms with Gasteiger partial charge in [-0.15, -0.1) is 0 Å². The van der Waals surface area contributed by atoms with Crippen molar-refractivity contribution >= 4 is 27.5 Å². The van der Waals surface area contributed by atoms with Gasteiger partial charge < -0.3 is 4.90 Å². The van der Waals surface area contributed by atoms with Crippen LogP contribution in [0.1, 0.15) is 24.0 Å². The highest BCUT2D eigenvalue weighted by molar-refractivity contribution is 7.91. The van der Waals surface area contributed by atoms with Crippen molar-refractivity contribution in [2.75, 3.05) is 13.1 Å². The van der Waals surface area contributed by atoms with Crippen LogP contribution >= 0.6 is 0 Å². The number of rotatable bonds is 6. The van der Waals surface area contributed by atoms with Gasteiger partial charge in [-0.2, -0.15) is 0 Å². The van der Waals surface area contributed by atoms with Gasteiger partial charge in [-0.25, -0.2) is 8.42 Å². The summed E-state index contributed by atoms with van der Waals surface area (Å²) in [5.41, 5.74) is 1.45. The summed E-state index contributed by atoms with van der Waals surface area (Å²) in [7, 11) is -3.26. The fourth-order valence-electron chi connectivity index (χ4n) is 3.34. The minimum absolute atomic E-state index is 0.00717. The molecule has 8 heteroatoms. The van der Waals surface area contributed by atoms with Crippen LogP contribution in [0, 0.1) is 10.1 Å². The summed E-state index contributed by atoms with van der Waals surface area (Å²) in [5, 5.41) is 10.2. The zero-order chi connectivity index (χ0) is 20.9. The molecule has 0 aromatic heterocycles. The Morgan fingerprint density at radius 2 is 1.69 bits per heavy atom. The first-order valence-electron chi connectivity index (χ1n) is 9.32. The molecule has 1 amide bonds. The molecule has 7 nitrogen and oxygen atoms in total. The van der Waals surface area contributed by atoms with Crippen molar-refractivity contribution in [1.82, 2.24) is 4.90 Å². The topological polar surface area (TPSA) is 97.6 Å². The number of benzene rings is 2. The lowest BCUT2D eigenvalue weighted by Crippen LogP contribution is -2.42. The zero-order valence-electron chi connectivity index (χ0n) is 15.8. The Kier molecular flexibility index (Phi) is 6.43. The van der Waals surface area contributed by atoms with E-state index in [0.29, 0.717) is 31.5 Å². The van der Waals surface area contributed by atoms with E-state index in [1.807, 2.05) is 18.2 Å². The van der Waals surface area contributed by atoms with Gasteiger partial charge in [-0.05, 0) is 42.2 Å². The van der Waals surface area contributed by atoms with Crippen LogP contribution in [-0.2, 0) is 20.4 Å². The number of amides is 1. The molecule has 0 unspecified atom stereocenters. The molecule has 2 aromatic carbocycles. The van der Waals surface area contributed by atoms with Crippen molar-refractivity contribution in [2.24, 2.45) is 0 Å². The number of carbonyl (C=O) groups excluding carboxylic acids is 1. The molecule has 3 rings (SSSR count). The Morgan fingerprint density at radius 1 is 1.07 bits per heavy atom. The maximum absolute atomic E-state index is 12.7. The fraction of sp³-hybridized carbons (Fsp3) is 0.286. The van der Waals surface area contributed by atoms with Crippen LogP contribution in [0.15, 0.2) is 60.7 Å². The number of hydrogen-bond acceptors (Lipinski definition) is 5. The average molecular weight is 414 g/mol. The maximum Gasteiger partial charge on any atom is 0.269 e. The van der Waals surface area contributed by atoms with E-state index in [0.717, 1.165) is 5.56 Å². The molecular weight excluding hydrogens is 392 g/mol. The molecule has 0 atom stereocenters. The second-order valence-corrected chi connectivity index (χ2v) is 9.28. The number of non-ortho nitro benzene ring substituents is 1. The minimum Gasteiger partial charge on any atom is -0.339 e. The van der Waals surface area contributed by atoms with Gasteiger partial charge in [0, 0.05) is 31.3 Å². The van der Waals surface area contributed by atoms with Crippen LogP contribution < -0.4 is 0 Å². The third-order valence-corrected chi connectivity index (χ3v) is 7.22. The van der Waals surface area contributed by atoms with E-state index in [4.69, 9.17) is 0 Å². The highest BCUT2D eigenvalue weighted by atomic mass is 32.2. The lowest BCUT2D eigenvalue weighted by atomic mass is 10.1. The SMILES string of the molecule is O=C(/C=C/c1ccc([N+](=O)[O-])cc1)N1CCC(S(=O)(=O)Cc2ccccc2)CC1. The second-order valence-electron chi connectivity index (χ2n) is 7.00. The van der Waals surface area contributed by atoms with E-state index in [-0.39, 0.29) is 17.3 Å². The van der Waals surface area contributed by atoms with Crippen molar-refractivity contribution in [3.05, 3.63) is 81.9 Å². The normalized spacial score (nSPS) is 15.5. The van der Waals surface area contributed by atoms with Crippen LogP contribution in [0.25, 0.3) is 6.08 Å². The molecule has 2 aromatic rings. The first-order valence-corrected chi connectivity index (χ1v) is 11.0. The van der Waals surface area contributed by atoms with E-state index in [1.165, 1.54) is 18.2 Å². The van der Waals surface area contributed by atoms with Gasteiger partial charge in [-0.1, -0.05) is 30.3 Å². The van der Waals surface area contributed by atoms with Gasteiger partial charge in [0.25, 0.3) is 5.69 Å². The van der Waals surface area contributed by atoms with Gasteiger partial charge in [0.05, 0.1) is 15.9 Å². The molecule has 1 heterocycles. The molecule has 152 valence electrons. The monoisotopic (exact) mass is 414 g/mol. The van der Waals surface area contributed by atoms with Crippen molar-refractivity contribution in [3.8, 4) is 0 Å². The van der Waals surface area contributed by atoms with Crippen molar-refractivity contribution in [1.29, 1.82) is 0 Å². The Balaban J connectivity index is 1.54. The first kappa shape index (κ1) is 20.7. The van der Waals surface area contributed by atoms with Gasteiger partial charge >= 0.3 is 0 Å². The lowest BCUT2D eigenvalue weighted by molar-refractivity contribution is -0.384. The second kappa shape index (κ2) is 9.00. The van der Waals surface area contributed by atoms with Gasteiger partial charge in [-0.3, -0.25) is 14.9 Å². The largest absolute Gasteiger partial charge is 0.339 e. The first-order chi connectivity index (χ1) is 13.8. The Bertz CT molecular complexity index is 993. The summed E-state index contributed by atoms with van der Waals surface area (Å²) < 4.78 is 25.3. The number of hydrogen-bond donors (Lipinski definition) is 0. The zero-order valence-corrected chi connectivity index (χ0v) is 16.6. The van der Waals surface area contributed by atoms with E-state index in [1.54, 1.807) is 35.2 Å². The van der Waals surface area contributed by atoms with Crippen LogP contribution in [-0.4, -0.2) is 42.5 Å². The number of piperidine rings is 1. The molecule has 0 spiro atoms. The number of nitrogens with zero attached hydrogens (tertiary/aromatic N) is 2. The van der Waals surface area contributed by atoms with E-state index >= 15 is 0 Å². The number of carbonyl (C=O) groups is 1. The molecule has 0 N–H and O–H groups in total. The minimum atomic E-state index is -3.26. The van der Waals surface area contributed by atoms with Crippen molar-refractivity contribution in [3.63, 3.8) is 0 Å². The fourth-order valence-corrected chi connectivity index (χ4v) is 5.16. The number of nitro groups is 1. The maximum atomic E-state index is 12.7. The molecule has 0 bridgehead atoms. The molecule has 0 saturated carbocycles. The summed E-state index contributed by atoms with van der Waals surface area (Å²) in [6.45, 7) is 0.782. The van der Waals surface area contributed by atoms with Crippen molar-refractivity contribution < 1.29 is 18.1 Å². The lowest BCUT2D eigenvalue weighted by Gasteiger charge is -2.31. The number of likely N-dealkylation sites (tertiary alicyclic amines) is 1. The molecule has 1 aliphatic heterocycles. The summed E-state index contributed by atoms with van der Waals surface area (Å²) >= 11 is 0. The highest BCUT2D eigenvalue weighted by Crippen LogP contribution is 2.22. The van der Waals surface area contributed by atoms with Crippen LogP contribution in [0.4, 0.5) is 5.69 Å². The Labute approximate surface area is 169 Å². The quantitative estimate of drug-likeness (QED) is 0.411. The average Bonchev–Trinajstić information content (AvgIpc) is 2.73. The third kappa shape index (κ3) is 5.51. The summed E-state index contributed by atoms with van der Waals surface area (Å²) in [5.74, 6) is -0.172. The molecule has 0 aliphatic carbocycles. The Morgan fingerprint density at radius 3 is 2.28 bits per heavy atom. The predicted molar refractivity (Wildman–Crippen MR) is 111 cm³/mol. The van der Waals surface area contributed by atoms with E-state index in [2.05, 4.69) is 0 Å².